The van der Waals surface area contributed by atoms with Gasteiger partial charge in [0.05, 0.1) is 5.71 Å². The minimum atomic E-state index is -0.380. The SMILES string of the molecule is c1ccc2c(c1)OC[C@@H](c1nnc3n1N=C(c1ccc4c(c1)OCCO4)CS3)O2. The second kappa shape index (κ2) is 6.70. The zero-order chi connectivity index (χ0) is 19.2. The molecule has 0 radical (unpaired) electrons. The van der Waals surface area contributed by atoms with Crippen molar-refractivity contribution in [2.24, 2.45) is 5.10 Å². The lowest BCUT2D eigenvalue weighted by atomic mass is 10.1. The number of rotatable bonds is 2. The van der Waals surface area contributed by atoms with E-state index in [4.69, 9.17) is 24.0 Å². The van der Waals surface area contributed by atoms with Crippen molar-refractivity contribution in [1.82, 2.24) is 14.9 Å². The molecule has 0 amide bonds. The van der Waals surface area contributed by atoms with Crippen LogP contribution in [0.2, 0.25) is 0 Å². The molecule has 3 aromatic rings. The lowest BCUT2D eigenvalue weighted by Gasteiger charge is -2.26. The van der Waals surface area contributed by atoms with Gasteiger partial charge in [0.25, 0.3) is 0 Å². The van der Waals surface area contributed by atoms with Crippen LogP contribution in [0, 0.1) is 0 Å². The summed E-state index contributed by atoms with van der Waals surface area (Å²) in [5.74, 6) is 4.26. The molecular formula is C20H16N4O4S. The molecule has 6 rings (SSSR count). The van der Waals surface area contributed by atoms with E-state index in [2.05, 4.69) is 10.2 Å². The molecule has 146 valence electrons. The molecule has 0 bridgehead atoms. The van der Waals surface area contributed by atoms with E-state index >= 15 is 0 Å². The van der Waals surface area contributed by atoms with Gasteiger partial charge in [-0.15, -0.1) is 10.2 Å². The maximum atomic E-state index is 6.09. The number of benzene rings is 2. The molecule has 9 heteroatoms. The van der Waals surface area contributed by atoms with E-state index in [-0.39, 0.29) is 6.10 Å². The number of nitrogens with zero attached hydrogens (tertiary/aromatic N) is 4. The number of hydrogen-bond donors (Lipinski definition) is 0. The fourth-order valence-electron chi connectivity index (χ4n) is 3.45. The number of fused-ring (bicyclic) bond motifs is 3. The Hall–Kier alpha value is -3.20. The van der Waals surface area contributed by atoms with Gasteiger partial charge in [0.2, 0.25) is 5.16 Å². The largest absolute Gasteiger partial charge is 0.486 e. The molecule has 0 aliphatic carbocycles. The molecule has 2 aromatic carbocycles. The van der Waals surface area contributed by atoms with E-state index in [1.807, 2.05) is 42.5 Å². The van der Waals surface area contributed by atoms with Crippen LogP contribution in [-0.2, 0) is 0 Å². The molecule has 1 aromatic heterocycles. The summed E-state index contributed by atoms with van der Waals surface area (Å²) < 4.78 is 25.0. The molecule has 0 unspecified atom stereocenters. The van der Waals surface area contributed by atoms with Crippen molar-refractivity contribution in [3.8, 4) is 23.0 Å². The second-order valence-electron chi connectivity index (χ2n) is 6.71. The first-order valence-electron chi connectivity index (χ1n) is 9.29. The minimum absolute atomic E-state index is 0.356. The van der Waals surface area contributed by atoms with E-state index in [0.29, 0.717) is 37.1 Å². The van der Waals surface area contributed by atoms with Crippen molar-refractivity contribution in [3.05, 3.63) is 53.9 Å². The lowest BCUT2D eigenvalue weighted by molar-refractivity contribution is 0.0823. The summed E-state index contributed by atoms with van der Waals surface area (Å²) in [6.07, 6.45) is -0.380. The molecule has 3 aliphatic rings. The van der Waals surface area contributed by atoms with Crippen LogP contribution < -0.4 is 18.9 Å². The van der Waals surface area contributed by atoms with Gasteiger partial charge in [-0.3, -0.25) is 0 Å². The van der Waals surface area contributed by atoms with Crippen LogP contribution in [0.15, 0.2) is 52.7 Å². The summed E-state index contributed by atoms with van der Waals surface area (Å²) in [6, 6.07) is 13.5. The Morgan fingerprint density at radius 2 is 1.72 bits per heavy atom. The zero-order valence-corrected chi connectivity index (χ0v) is 16.1. The molecule has 0 spiro atoms. The van der Waals surface area contributed by atoms with E-state index in [9.17, 15) is 0 Å². The number of aromatic nitrogens is 3. The van der Waals surface area contributed by atoms with Crippen molar-refractivity contribution in [2.45, 2.75) is 11.3 Å². The standard InChI is InChI=1S/C20H16N4O4S/c1-2-4-16-14(3-1)27-10-18(28-16)19-21-22-20-24(19)23-13(11-29-20)12-5-6-15-17(9-12)26-8-7-25-15/h1-6,9,18H,7-8,10-11H2/t18-/m0/s1. The first kappa shape index (κ1) is 16.7. The molecule has 29 heavy (non-hydrogen) atoms. The lowest BCUT2D eigenvalue weighted by Crippen LogP contribution is -2.25. The van der Waals surface area contributed by atoms with Crippen molar-refractivity contribution in [2.75, 3.05) is 25.6 Å². The molecule has 0 saturated heterocycles. The van der Waals surface area contributed by atoms with Crippen LogP contribution in [-0.4, -0.2) is 46.2 Å². The number of para-hydroxylation sites is 2. The Morgan fingerprint density at radius 3 is 2.66 bits per heavy atom. The average Bonchev–Trinajstić information content (AvgIpc) is 3.22. The third kappa shape index (κ3) is 2.89. The Morgan fingerprint density at radius 1 is 0.897 bits per heavy atom. The second-order valence-corrected chi connectivity index (χ2v) is 7.65. The van der Waals surface area contributed by atoms with Gasteiger partial charge in [0.15, 0.2) is 34.9 Å². The van der Waals surface area contributed by atoms with Gasteiger partial charge < -0.3 is 18.9 Å². The van der Waals surface area contributed by atoms with E-state index in [1.165, 1.54) is 0 Å². The quantitative estimate of drug-likeness (QED) is 0.645. The summed E-state index contributed by atoms with van der Waals surface area (Å²) in [5, 5.41) is 14.2. The van der Waals surface area contributed by atoms with Gasteiger partial charge in [-0.05, 0) is 30.3 Å². The number of ether oxygens (including phenoxy) is 4. The maximum absolute atomic E-state index is 6.09. The fourth-order valence-corrected chi connectivity index (χ4v) is 4.30. The van der Waals surface area contributed by atoms with E-state index in [0.717, 1.165) is 33.7 Å². The highest BCUT2D eigenvalue weighted by Crippen LogP contribution is 2.37. The maximum Gasteiger partial charge on any atom is 0.212 e. The average molecular weight is 408 g/mol. The Bertz CT molecular complexity index is 1130. The predicted octanol–water partition coefficient (Wildman–Crippen LogP) is 2.92. The van der Waals surface area contributed by atoms with Gasteiger partial charge in [-0.1, -0.05) is 23.9 Å². The van der Waals surface area contributed by atoms with Crippen molar-refractivity contribution in [3.63, 3.8) is 0 Å². The van der Waals surface area contributed by atoms with Gasteiger partial charge in [0.1, 0.15) is 19.8 Å². The highest BCUT2D eigenvalue weighted by molar-refractivity contribution is 7.99. The topological polar surface area (TPSA) is 80.0 Å². The normalized spacial score (nSPS) is 19.3. The van der Waals surface area contributed by atoms with Crippen LogP contribution >= 0.6 is 11.8 Å². The highest BCUT2D eigenvalue weighted by atomic mass is 32.2. The first-order valence-corrected chi connectivity index (χ1v) is 10.3. The van der Waals surface area contributed by atoms with Crippen LogP contribution in [0.25, 0.3) is 0 Å². The van der Waals surface area contributed by atoms with Crippen LogP contribution in [0.3, 0.4) is 0 Å². The summed E-state index contributed by atoms with van der Waals surface area (Å²) >= 11 is 1.59. The predicted molar refractivity (Wildman–Crippen MR) is 105 cm³/mol. The molecule has 1 atom stereocenters. The van der Waals surface area contributed by atoms with Crippen LogP contribution in [0.4, 0.5) is 0 Å². The van der Waals surface area contributed by atoms with Crippen molar-refractivity contribution in [1.29, 1.82) is 0 Å². The van der Waals surface area contributed by atoms with Gasteiger partial charge in [-0.2, -0.15) is 9.78 Å². The van der Waals surface area contributed by atoms with Gasteiger partial charge in [-0.25, -0.2) is 0 Å². The third-order valence-corrected chi connectivity index (χ3v) is 5.80. The monoisotopic (exact) mass is 408 g/mol. The Balaban J connectivity index is 1.34. The molecule has 0 fully saturated rings. The van der Waals surface area contributed by atoms with Gasteiger partial charge in [0, 0.05) is 11.3 Å². The van der Waals surface area contributed by atoms with Crippen LogP contribution in [0.1, 0.15) is 17.5 Å². The molecule has 8 nitrogen and oxygen atoms in total. The van der Waals surface area contributed by atoms with Crippen molar-refractivity contribution < 1.29 is 18.9 Å². The number of thioether (sulfide) groups is 1. The Labute approximate surface area is 170 Å². The summed E-state index contributed by atoms with van der Waals surface area (Å²) in [6.45, 7) is 1.48. The first-order chi connectivity index (χ1) is 14.3. The summed E-state index contributed by atoms with van der Waals surface area (Å²) in [4.78, 5) is 0. The molecule has 3 aliphatic heterocycles. The van der Waals surface area contributed by atoms with Crippen LogP contribution in [0.5, 0.6) is 23.0 Å². The number of hydrogen-bond acceptors (Lipinski definition) is 8. The minimum Gasteiger partial charge on any atom is -0.486 e. The highest BCUT2D eigenvalue weighted by Gasteiger charge is 2.30. The van der Waals surface area contributed by atoms with E-state index < -0.39 is 0 Å². The molecule has 4 heterocycles. The fraction of sp³-hybridized carbons (Fsp3) is 0.250. The molecular weight excluding hydrogens is 392 g/mol. The van der Waals surface area contributed by atoms with Gasteiger partial charge >= 0.3 is 0 Å². The summed E-state index contributed by atoms with van der Waals surface area (Å²) in [5.41, 5.74) is 1.90. The Kier molecular flexibility index (Phi) is 3.86. The molecule has 0 saturated carbocycles. The smallest absolute Gasteiger partial charge is 0.212 e. The molecule has 0 N–H and O–H groups in total. The third-order valence-electron chi connectivity index (χ3n) is 4.87. The summed E-state index contributed by atoms with van der Waals surface area (Å²) in [7, 11) is 0. The van der Waals surface area contributed by atoms with E-state index in [1.54, 1.807) is 16.4 Å². The van der Waals surface area contributed by atoms with Crippen molar-refractivity contribution >= 4 is 17.5 Å². The zero-order valence-electron chi connectivity index (χ0n) is 15.3.